The van der Waals surface area contributed by atoms with Crippen LogP contribution in [-0.2, 0) is 0 Å². The third-order valence-electron chi connectivity index (χ3n) is 4.32. The molecule has 0 aliphatic carbocycles. The van der Waals surface area contributed by atoms with Crippen LogP contribution in [0.2, 0.25) is 0 Å². The van der Waals surface area contributed by atoms with Crippen LogP contribution in [0.15, 0.2) is 23.3 Å². The fraction of sp³-hybridized carbons (Fsp3) is 0.467. The second-order valence-electron chi connectivity index (χ2n) is 5.50. The number of nitrogens with one attached hydrogen (secondary N) is 1. The summed E-state index contributed by atoms with van der Waals surface area (Å²) in [5, 5.41) is 0.553. The molecule has 1 aromatic carbocycles. The summed E-state index contributed by atoms with van der Waals surface area (Å²) in [6, 6.07) is 3.68. The van der Waals surface area contributed by atoms with E-state index in [0.29, 0.717) is 16.6 Å². The van der Waals surface area contributed by atoms with Crippen LogP contribution in [0.1, 0.15) is 26.2 Å². The summed E-state index contributed by atoms with van der Waals surface area (Å²) in [7, 11) is 0. The predicted molar refractivity (Wildman–Crippen MR) is 82.0 cm³/mol. The van der Waals surface area contributed by atoms with Crippen molar-refractivity contribution < 1.29 is 0 Å². The Morgan fingerprint density at radius 2 is 2.15 bits per heavy atom. The quantitative estimate of drug-likeness (QED) is 0.821. The van der Waals surface area contributed by atoms with Gasteiger partial charge in [-0.05, 0) is 30.9 Å². The highest BCUT2D eigenvalue weighted by Gasteiger charge is 2.20. The topological polar surface area (TPSA) is 75.0 Å². The molecule has 0 unspecified atom stereocenters. The summed E-state index contributed by atoms with van der Waals surface area (Å²) in [4.78, 5) is 20.9. The number of rotatable bonds is 2. The number of hydrogen-bond donors (Lipinski definition) is 2. The van der Waals surface area contributed by atoms with Crippen molar-refractivity contribution in [2.24, 2.45) is 5.92 Å². The molecule has 0 spiro atoms. The summed E-state index contributed by atoms with van der Waals surface area (Å²) in [6.07, 6.45) is 5.10. The van der Waals surface area contributed by atoms with Crippen molar-refractivity contribution in [2.75, 3.05) is 23.7 Å². The van der Waals surface area contributed by atoms with Gasteiger partial charge in [-0.2, -0.15) is 0 Å². The van der Waals surface area contributed by atoms with Crippen LogP contribution in [0, 0.1) is 5.92 Å². The average Bonchev–Trinajstić information content (AvgIpc) is 2.48. The molecule has 5 heteroatoms. The van der Waals surface area contributed by atoms with Crippen molar-refractivity contribution >= 4 is 22.3 Å². The summed E-state index contributed by atoms with van der Waals surface area (Å²) in [6.45, 7) is 4.30. The van der Waals surface area contributed by atoms with Gasteiger partial charge in [-0.25, -0.2) is 4.98 Å². The highest BCUT2D eigenvalue weighted by atomic mass is 16.1. The van der Waals surface area contributed by atoms with Crippen LogP contribution in [-0.4, -0.2) is 23.1 Å². The van der Waals surface area contributed by atoms with E-state index in [9.17, 15) is 4.79 Å². The number of aromatic nitrogens is 2. The lowest BCUT2D eigenvalue weighted by Gasteiger charge is -2.34. The first kappa shape index (κ1) is 13.0. The second kappa shape index (κ2) is 5.15. The summed E-state index contributed by atoms with van der Waals surface area (Å²) in [5.74, 6) is 0.828. The van der Waals surface area contributed by atoms with Gasteiger partial charge in [-0.3, -0.25) is 4.79 Å². The van der Waals surface area contributed by atoms with E-state index in [1.807, 2.05) is 6.07 Å². The van der Waals surface area contributed by atoms with Crippen LogP contribution in [0.25, 0.3) is 10.9 Å². The standard InChI is InChI=1S/C15H20N4O/c1-2-10-3-5-19(6-4-10)14-8-13-11(7-12(14)16)15(20)18-9-17-13/h7-10H,2-6,16H2,1H3,(H,17,18,20). The van der Waals surface area contributed by atoms with Crippen LogP contribution in [0.4, 0.5) is 11.4 Å². The number of nitrogens with zero attached hydrogens (tertiary/aromatic N) is 2. The number of piperidine rings is 1. The number of H-pyrrole nitrogens is 1. The Balaban J connectivity index is 1.96. The Kier molecular flexibility index (Phi) is 3.34. The maximum atomic E-state index is 11.7. The first-order chi connectivity index (χ1) is 9.69. The zero-order chi connectivity index (χ0) is 14.1. The molecule has 3 N–H and O–H groups in total. The lowest BCUT2D eigenvalue weighted by molar-refractivity contribution is 0.395. The van der Waals surface area contributed by atoms with E-state index in [1.54, 1.807) is 6.07 Å². The largest absolute Gasteiger partial charge is 0.397 e. The molecule has 0 saturated carbocycles. The fourth-order valence-corrected chi connectivity index (χ4v) is 2.98. The Labute approximate surface area is 117 Å². The Hall–Kier alpha value is -2.04. The minimum atomic E-state index is -0.141. The second-order valence-corrected chi connectivity index (χ2v) is 5.50. The molecule has 1 aromatic heterocycles. The number of aromatic amines is 1. The predicted octanol–water partition coefficient (Wildman–Crippen LogP) is 2.13. The van der Waals surface area contributed by atoms with Gasteiger partial charge in [0.2, 0.25) is 0 Å². The maximum absolute atomic E-state index is 11.7. The number of nitrogen functional groups attached to an aromatic ring is 1. The molecule has 20 heavy (non-hydrogen) atoms. The van der Waals surface area contributed by atoms with Crippen LogP contribution >= 0.6 is 0 Å². The van der Waals surface area contributed by atoms with Crippen LogP contribution in [0.5, 0.6) is 0 Å². The van der Waals surface area contributed by atoms with Gasteiger partial charge in [0.25, 0.3) is 5.56 Å². The highest BCUT2D eigenvalue weighted by Crippen LogP contribution is 2.31. The molecule has 1 fully saturated rings. The SMILES string of the molecule is CCC1CCN(c2cc3nc[nH]c(=O)c3cc2N)CC1. The van der Waals surface area contributed by atoms with Gasteiger partial charge in [-0.15, -0.1) is 0 Å². The zero-order valence-electron chi connectivity index (χ0n) is 11.7. The molecule has 3 rings (SSSR count). The molecule has 0 radical (unpaired) electrons. The summed E-state index contributed by atoms with van der Waals surface area (Å²) >= 11 is 0. The van der Waals surface area contributed by atoms with Crippen molar-refractivity contribution in [3.05, 3.63) is 28.8 Å². The van der Waals surface area contributed by atoms with E-state index in [-0.39, 0.29) is 5.56 Å². The molecule has 2 aromatic rings. The van der Waals surface area contributed by atoms with E-state index in [0.717, 1.165) is 24.7 Å². The van der Waals surface area contributed by atoms with Crippen LogP contribution < -0.4 is 16.2 Å². The molecule has 5 nitrogen and oxygen atoms in total. The van der Waals surface area contributed by atoms with Crippen molar-refractivity contribution in [2.45, 2.75) is 26.2 Å². The molecule has 0 amide bonds. The first-order valence-electron chi connectivity index (χ1n) is 7.21. The third kappa shape index (κ3) is 2.24. The Morgan fingerprint density at radius 1 is 1.40 bits per heavy atom. The normalized spacial score (nSPS) is 16.8. The van der Waals surface area contributed by atoms with E-state index in [2.05, 4.69) is 21.8 Å². The summed E-state index contributed by atoms with van der Waals surface area (Å²) < 4.78 is 0. The van der Waals surface area contributed by atoms with Crippen LogP contribution in [0.3, 0.4) is 0 Å². The van der Waals surface area contributed by atoms with Gasteiger partial charge in [-0.1, -0.05) is 13.3 Å². The van der Waals surface area contributed by atoms with Crippen molar-refractivity contribution in [1.29, 1.82) is 0 Å². The summed E-state index contributed by atoms with van der Waals surface area (Å²) in [5.41, 5.74) is 8.36. The van der Waals surface area contributed by atoms with E-state index in [4.69, 9.17) is 5.73 Å². The van der Waals surface area contributed by atoms with E-state index in [1.165, 1.54) is 25.6 Å². The smallest absolute Gasteiger partial charge is 0.258 e. The van der Waals surface area contributed by atoms with Crippen molar-refractivity contribution in [3.63, 3.8) is 0 Å². The highest BCUT2D eigenvalue weighted by molar-refractivity contribution is 5.88. The molecule has 2 heterocycles. The molecule has 0 bridgehead atoms. The van der Waals surface area contributed by atoms with Gasteiger partial charge in [0.1, 0.15) is 0 Å². The molecular weight excluding hydrogens is 252 g/mol. The van der Waals surface area contributed by atoms with E-state index >= 15 is 0 Å². The first-order valence-corrected chi connectivity index (χ1v) is 7.21. The minimum absolute atomic E-state index is 0.141. The monoisotopic (exact) mass is 272 g/mol. The lowest BCUT2D eigenvalue weighted by Crippen LogP contribution is -2.34. The van der Waals surface area contributed by atoms with Crippen molar-refractivity contribution in [1.82, 2.24) is 9.97 Å². The van der Waals surface area contributed by atoms with Gasteiger partial charge in [0.05, 0.1) is 28.6 Å². The fourth-order valence-electron chi connectivity index (χ4n) is 2.98. The van der Waals surface area contributed by atoms with Gasteiger partial charge < -0.3 is 15.6 Å². The molecule has 1 aliphatic heterocycles. The minimum Gasteiger partial charge on any atom is -0.397 e. The molecule has 1 aliphatic rings. The lowest BCUT2D eigenvalue weighted by atomic mass is 9.94. The average molecular weight is 272 g/mol. The zero-order valence-corrected chi connectivity index (χ0v) is 11.7. The molecular formula is C15H20N4O. The Bertz CT molecular complexity index is 671. The Morgan fingerprint density at radius 3 is 2.85 bits per heavy atom. The van der Waals surface area contributed by atoms with E-state index < -0.39 is 0 Å². The number of hydrogen-bond acceptors (Lipinski definition) is 4. The van der Waals surface area contributed by atoms with Gasteiger partial charge >= 0.3 is 0 Å². The van der Waals surface area contributed by atoms with Crippen molar-refractivity contribution in [3.8, 4) is 0 Å². The molecule has 106 valence electrons. The van der Waals surface area contributed by atoms with Gasteiger partial charge in [0, 0.05) is 13.1 Å². The number of benzene rings is 1. The molecule has 0 atom stereocenters. The number of anilines is 2. The third-order valence-corrected chi connectivity index (χ3v) is 4.32. The van der Waals surface area contributed by atoms with Gasteiger partial charge in [0.15, 0.2) is 0 Å². The molecule has 1 saturated heterocycles. The maximum Gasteiger partial charge on any atom is 0.258 e. The number of nitrogens with two attached hydrogens (primary N) is 1. The number of fused-ring (bicyclic) bond motifs is 1.